The quantitative estimate of drug-likeness (QED) is 0.909. The molecule has 4 heteroatoms. The van der Waals surface area contributed by atoms with E-state index >= 15 is 0 Å². The van der Waals surface area contributed by atoms with Gasteiger partial charge in [0.2, 0.25) is 0 Å². The van der Waals surface area contributed by atoms with Crippen molar-refractivity contribution in [2.75, 3.05) is 31.6 Å². The first kappa shape index (κ1) is 15.8. The molecule has 0 amide bonds. The zero-order valence-corrected chi connectivity index (χ0v) is 14.6. The van der Waals surface area contributed by atoms with Crippen molar-refractivity contribution in [2.24, 2.45) is 0 Å². The Hall–Kier alpha value is -0.580. The Balaban J connectivity index is 2.17. The number of likely N-dealkylation sites (N-methyl/N-ethyl adjacent to an activating group) is 1. The lowest BCUT2D eigenvalue weighted by molar-refractivity contribution is 0.234. The van der Waals surface area contributed by atoms with Crippen molar-refractivity contribution in [3.05, 3.63) is 28.2 Å². The predicted molar refractivity (Wildman–Crippen MR) is 90.4 cm³/mol. The van der Waals surface area contributed by atoms with Gasteiger partial charge in [-0.1, -0.05) is 29.8 Å². The van der Waals surface area contributed by atoms with Crippen molar-refractivity contribution < 1.29 is 0 Å². The van der Waals surface area contributed by atoms with Crippen LogP contribution in [-0.2, 0) is 6.54 Å². The Morgan fingerprint density at radius 2 is 2.10 bits per heavy atom. The highest BCUT2D eigenvalue weighted by molar-refractivity contribution is 9.10. The Morgan fingerprint density at radius 1 is 1.35 bits per heavy atom. The number of piperazine rings is 1. The number of nitrogens with zero attached hydrogens (tertiary/aromatic N) is 2. The van der Waals surface area contributed by atoms with E-state index in [4.69, 9.17) is 0 Å². The van der Waals surface area contributed by atoms with Crippen LogP contribution in [0.3, 0.4) is 0 Å². The summed E-state index contributed by atoms with van der Waals surface area (Å²) in [5, 5.41) is 3.53. The minimum atomic E-state index is 0.508. The first-order valence-corrected chi connectivity index (χ1v) is 8.23. The van der Waals surface area contributed by atoms with Gasteiger partial charge in [0, 0.05) is 48.4 Å². The molecule has 1 saturated heterocycles. The van der Waals surface area contributed by atoms with E-state index in [9.17, 15) is 0 Å². The lowest BCUT2D eigenvalue weighted by atomic mass is 10.1. The third-order valence-corrected chi connectivity index (χ3v) is 4.54. The van der Waals surface area contributed by atoms with E-state index in [1.165, 1.54) is 11.3 Å². The molecular formula is C16H26BrN3. The zero-order chi connectivity index (χ0) is 14.7. The Bertz CT molecular complexity index is 447. The minimum absolute atomic E-state index is 0.508. The summed E-state index contributed by atoms with van der Waals surface area (Å²) in [4.78, 5) is 4.95. The highest BCUT2D eigenvalue weighted by Crippen LogP contribution is 2.26. The standard InChI is InChI=1S/C16H26BrN3/c1-12(2)18-10-14-9-15(17)5-6-16(14)20-8-7-19(4)13(3)11-20/h5-6,9,12-13,18H,7-8,10-11H2,1-4H3. The van der Waals surface area contributed by atoms with Gasteiger partial charge in [-0.15, -0.1) is 0 Å². The van der Waals surface area contributed by atoms with E-state index in [0.717, 1.165) is 30.7 Å². The average molecular weight is 340 g/mol. The second-order valence-corrected chi connectivity index (χ2v) is 7.00. The monoisotopic (exact) mass is 339 g/mol. The number of hydrogen-bond donors (Lipinski definition) is 1. The van der Waals surface area contributed by atoms with Crippen molar-refractivity contribution in [2.45, 2.75) is 39.4 Å². The number of halogens is 1. The molecule has 0 radical (unpaired) electrons. The summed E-state index contributed by atoms with van der Waals surface area (Å²) in [6, 6.07) is 7.76. The second kappa shape index (κ2) is 6.92. The summed E-state index contributed by atoms with van der Waals surface area (Å²) in [7, 11) is 2.21. The average Bonchev–Trinajstić information content (AvgIpc) is 2.40. The maximum atomic E-state index is 3.59. The fraction of sp³-hybridized carbons (Fsp3) is 0.625. The fourth-order valence-corrected chi connectivity index (χ4v) is 2.99. The summed E-state index contributed by atoms with van der Waals surface area (Å²) in [6.45, 7) is 11.0. The van der Waals surface area contributed by atoms with Crippen molar-refractivity contribution >= 4 is 21.6 Å². The van der Waals surface area contributed by atoms with E-state index in [2.05, 4.69) is 77.1 Å². The van der Waals surface area contributed by atoms with Gasteiger partial charge in [-0.3, -0.25) is 0 Å². The molecule has 0 aliphatic carbocycles. The fourth-order valence-electron chi connectivity index (χ4n) is 2.59. The molecule has 112 valence electrons. The van der Waals surface area contributed by atoms with Gasteiger partial charge >= 0.3 is 0 Å². The molecule has 0 saturated carbocycles. The molecule has 0 aromatic heterocycles. The van der Waals surface area contributed by atoms with Gasteiger partial charge in [0.25, 0.3) is 0 Å². The van der Waals surface area contributed by atoms with E-state index in [1.807, 2.05) is 0 Å². The highest BCUT2D eigenvalue weighted by Gasteiger charge is 2.22. The number of hydrogen-bond acceptors (Lipinski definition) is 3. The molecule has 3 nitrogen and oxygen atoms in total. The predicted octanol–water partition coefficient (Wildman–Crippen LogP) is 3.09. The maximum absolute atomic E-state index is 3.59. The molecule has 1 heterocycles. The Morgan fingerprint density at radius 3 is 2.75 bits per heavy atom. The van der Waals surface area contributed by atoms with Gasteiger partial charge in [0.15, 0.2) is 0 Å². The number of benzene rings is 1. The molecule has 1 atom stereocenters. The van der Waals surface area contributed by atoms with Crippen molar-refractivity contribution in [3.8, 4) is 0 Å². The SMILES string of the molecule is CC(C)NCc1cc(Br)ccc1N1CCN(C)C(C)C1. The summed E-state index contributed by atoms with van der Waals surface area (Å²) in [5.41, 5.74) is 2.76. The van der Waals surface area contributed by atoms with Crippen LogP contribution in [0.25, 0.3) is 0 Å². The van der Waals surface area contributed by atoms with Gasteiger partial charge in [-0.25, -0.2) is 0 Å². The largest absolute Gasteiger partial charge is 0.368 e. The lowest BCUT2D eigenvalue weighted by Crippen LogP contribution is -2.50. The van der Waals surface area contributed by atoms with E-state index < -0.39 is 0 Å². The molecule has 1 aliphatic heterocycles. The van der Waals surface area contributed by atoms with Gasteiger partial charge < -0.3 is 15.1 Å². The van der Waals surface area contributed by atoms with Crippen LogP contribution in [0.1, 0.15) is 26.3 Å². The topological polar surface area (TPSA) is 18.5 Å². The van der Waals surface area contributed by atoms with Crippen LogP contribution >= 0.6 is 15.9 Å². The molecule has 1 aliphatic rings. The molecule has 20 heavy (non-hydrogen) atoms. The summed E-state index contributed by atoms with van der Waals surface area (Å²) in [6.07, 6.45) is 0. The van der Waals surface area contributed by atoms with Gasteiger partial charge in [-0.2, -0.15) is 0 Å². The third-order valence-electron chi connectivity index (χ3n) is 4.04. The zero-order valence-electron chi connectivity index (χ0n) is 13.0. The lowest BCUT2D eigenvalue weighted by Gasteiger charge is -2.40. The van der Waals surface area contributed by atoms with Gasteiger partial charge in [0.05, 0.1) is 0 Å². The molecule has 1 unspecified atom stereocenters. The van der Waals surface area contributed by atoms with Crippen LogP contribution in [0.5, 0.6) is 0 Å². The van der Waals surface area contributed by atoms with Crippen LogP contribution in [0, 0.1) is 0 Å². The minimum Gasteiger partial charge on any atom is -0.368 e. The third kappa shape index (κ3) is 3.96. The first-order chi connectivity index (χ1) is 9.47. The Kier molecular flexibility index (Phi) is 5.47. The van der Waals surface area contributed by atoms with Crippen molar-refractivity contribution in [3.63, 3.8) is 0 Å². The summed E-state index contributed by atoms with van der Waals surface area (Å²) in [5.74, 6) is 0. The molecule has 1 aromatic carbocycles. The number of anilines is 1. The molecule has 1 aromatic rings. The molecule has 0 bridgehead atoms. The van der Waals surface area contributed by atoms with E-state index in [-0.39, 0.29) is 0 Å². The maximum Gasteiger partial charge on any atom is 0.0413 e. The van der Waals surface area contributed by atoms with Crippen molar-refractivity contribution in [1.82, 2.24) is 10.2 Å². The van der Waals surface area contributed by atoms with Crippen LogP contribution in [0.15, 0.2) is 22.7 Å². The van der Waals surface area contributed by atoms with Gasteiger partial charge in [0.1, 0.15) is 0 Å². The Labute approximate surface area is 131 Å². The van der Waals surface area contributed by atoms with Crippen LogP contribution in [0.2, 0.25) is 0 Å². The normalized spacial score (nSPS) is 20.7. The summed E-state index contributed by atoms with van der Waals surface area (Å²) < 4.78 is 1.16. The molecular weight excluding hydrogens is 314 g/mol. The van der Waals surface area contributed by atoms with E-state index in [0.29, 0.717) is 12.1 Å². The summed E-state index contributed by atoms with van der Waals surface area (Å²) >= 11 is 3.59. The van der Waals surface area contributed by atoms with E-state index in [1.54, 1.807) is 0 Å². The first-order valence-electron chi connectivity index (χ1n) is 7.44. The molecule has 1 fully saturated rings. The number of nitrogens with one attached hydrogen (secondary N) is 1. The molecule has 1 N–H and O–H groups in total. The van der Waals surface area contributed by atoms with Gasteiger partial charge in [-0.05, 0) is 37.7 Å². The van der Waals surface area contributed by atoms with Crippen molar-refractivity contribution in [1.29, 1.82) is 0 Å². The smallest absolute Gasteiger partial charge is 0.0413 e. The van der Waals surface area contributed by atoms with Crippen LogP contribution in [0.4, 0.5) is 5.69 Å². The number of rotatable bonds is 4. The second-order valence-electron chi connectivity index (χ2n) is 6.08. The highest BCUT2D eigenvalue weighted by atomic mass is 79.9. The van der Waals surface area contributed by atoms with Crippen LogP contribution in [-0.4, -0.2) is 43.7 Å². The molecule has 2 rings (SSSR count). The van der Waals surface area contributed by atoms with Crippen LogP contribution < -0.4 is 10.2 Å². The molecule has 0 spiro atoms.